The number of likely N-dealkylation sites (tertiary alicyclic amines) is 1. The minimum absolute atomic E-state index is 0.0531. The number of piperidine rings is 1. The second-order valence-corrected chi connectivity index (χ2v) is 6.64. The monoisotopic (exact) mass is 366 g/mol. The number of nitrogens with one attached hydrogen (secondary N) is 1. The summed E-state index contributed by atoms with van der Waals surface area (Å²) in [6.07, 6.45) is 2.80. The molecule has 3 aromatic rings. The highest BCUT2D eigenvalue weighted by Gasteiger charge is 2.29. The average molecular weight is 366 g/mol. The van der Waals surface area contributed by atoms with Gasteiger partial charge in [-0.1, -0.05) is 18.2 Å². The first-order chi connectivity index (χ1) is 13.1. The summed E-state index contributed by atoms with van der Waals surface area (Å²) >= 11 is 0. The number of hydrogen-bond donors (Lipinski definition) is 1. The average Bonchev–Trinajstić information content (AvgIpc) is 3.13. The number of halogens is 1. The number of para-hydroxylation sites is 1. The summed E-state index contributed by atoms with van der Waals surface area (Å²) in [6, 6.07) is 13.3. The van der Waals surface area contributed by atoms with Gasteiger partial charge in [0.1, 0.15) is 17.7 Å². The normalized spacial score (nSPS) is 15.1. The molecule has 0 bridgehead atoms. The van der Waals surface area contributed by atoms with Crippen LogP contribution in [0.2, 0.25) is 0 Å². The number of aromatic amines is 1. The fourth-order valence-electron chi connectivity index (χ4n) is 3.40. The van der Waals surface area contributed by atoms with E-state index in [0.29, 0.717) is 37.2 Å². The molecule has 1 N–H and O–H groups in total. The van der Waals surface area contributed by atoms with Gasteiger partial charge in [-0.15, -0.1) is 0 Å². The van der Waals surface area contributed by atoms with Gasteiger partial charge in [0.2, 0.25) is 0 Å². The van der Waals surface area contributed by atoms with Gasteiger partial charge in [-0.25, -0.2) is 4.39 Å². The van der Waals surface area contributed by atoms with Crippen molar-refractivity contribution in [3.63, 3.8) is 0 Å². The van der Waals surface area contributed by atoms with Crippen LogP contribution in [0, 0.1) is 5.82 Å². The number of nitrogens with zero attached hydrogens (tertiary/aromatic N) is 1. The van der Waals surface area contributed by atoms with E-state index in [4.69, 9.17) is 4.74 Å². The zero-order valence-corrected chi connectivity index (χ0v) is 14.7. The number of fused-ring (bicyclic) bond motifs is 1. The smallest absolute Gasteiger partial charge is 0.295 e. The Morgan fingerprint density at radius 3 is 2.48 bits per heavy atom. The van der Waals surface area contributed by atoms with Crippen LogP contribution >= 0.6 is 0 Å². The molecule has 138 valence electrons. The van der Waals surface area contributed by atoms with Gasteiger partial charge < -0.3 is 14.6 Å². The first-order valence-electron chi connectivity index (χ1n) is 8.94. The molecular weight excluding hydrogens is 347 g/mol. The number of rotatable bonds is 4. The summed E-state index contributed by atoms with van der Waals surface area (Å²) in [7, 11) is 0. The Labute approximate surface area is 155 Å². The molecule has 1 fully saturated rings. The number of ketones is 1. The van der Waals surface area contributed by atoms with E-state index in [2.05, 4.69) is 4.98 Å². The molecule has 2 aromatic carbocycles. The standard InChI is InChI=1S/C21H19FN2O3/c22-14-5-7-15(8-6-14)27-16-9-11-24(12-10-16)21(26)20(25)18-13-23-19-4-2-1-3-17(18)19/h1-8,13,16,23H,9-12H2. The zero-order chi connectivity index (χ0) is 18.8. The Morgan fingerprint density at radius 1 is 1.04 bits per heavy atom. The van der Waals surface area contributed by atoms with Crippen LogP contribution in [0.15, 0.2) is 54.7 Å². The molecule has 0 aliphatic carbocycles. The predicted octanol–water partition coefficient (Wildman–Crippen LogP) is 3.56. The maximum absolute atomic E-state index is 13.0. The maximum atomic E-state index is 13.0. The first kappa shape index (κ1) is 17.3. The molecule has 27 heavy (non-hydrogen) atoms. The molecule has 1 saturated heterocycles. The molecule has 2 heterocycles. The highest BCUT2D eigenvalue weighted by Crippen LogP contribution is 2.22. The number of Topliss-reactive ketones (excluding diaryl/α,β-unsaturated/α-hetero) is 1. The van der Waals surface area contributed by atoms with E-state index < -0.39 is 11.7 Å². The molecule has 0 unspecified atom stereocenters. The summed E-state index contributed by atoms with van der Waals surface area (Å²) < 4.78 is 18.8. The lowest BCUT2D eigenvalue weighted by Gasteiger charge is -2.31. The van der Waals surface area contributed by atoms with Crippen molar-refractivity contribution < 1.29 is 18.7 Å². The Kier molecular flexibility index (Phi) is 4.62. The molecule has 5 nitrogen and oxygen atoms in total. The number of amides is 1. The van der Waals surface area contributed by atoms with Crippen molar-refractivity contribution in [2.24, 2.45) is 0 Å². The molecule has 6 heteroatoms. The third kappa shape index (κ3) is 3.56. The van der Waals surface area contributed by atoms with Crippen molar-refractivity contribution in [3.05, 3.63) is 66.1 Å². The van der Waals surface area contributed by atoms with E-state index in [9.17, 15) is 14.0 Å². The van der Waals surface area contributed by atoms with Gasteiger partial charge in [0.05, 0.1) is 5.56 Å². The minimum atomic E-state index is -0.495. The molecule has 0 atom stereocenters. The van der Waals surface area contributed by atoms with E-state index >= 15 is 0 Å². The fraction of sp³-hybridized carbons (Fsp3) is 0.238. The number of carbonyl (C=O) groups is 2. The second-order valence-electron chi connectivity index (χ2n) is 6.64. The van der Waals surface area contributed by atoms with Gasteiger partial charge in [0, 0.05) is 43.0 Å². The highest BCUT2D eigenvalue weighted by atomic mass is 19.1. The van der Waals surface area contributed by atoms with E-state index in [-0.39, 0.29) is 11.9 Å². The van der Waals surface area contributed by atoms with Crippen molar-refractivity contribution in [2.75, 3.05) is 13.1 Å². The molecule has 0 spiro atoms. The number of benzene rings is 2. The summed E-state index contributed by atoms with van der Waals surface area (Å²) in [6.45, 7) is 0.914. The molecular formula is C21H19FN2O3. The Hall–Kier alpha value is -3.15. The zero-order valence-electron chi connectivity index (χ0n) is 14.7. The molecule has 1 aliphatic heterocycles. The van der Waals surface area contributed by atoms with E-state index in [1.807, 2.05) is 24.3 Å². The van der Waals surface area contributed by atoms with Gasteiger partial charge in [-0.2, -0.15) is 0 Å². The van der Waals surface area contributed by atoms with Crippen LogP contribution in [0.3, 0.4) is 0 Å². The molecule has 4 rings (SSSR count). The van der Waals surface area contributed by atoms with Crippen LogP contribution in [-0.4, -0.2) is 40.8 Å². The van der Waals surface area contributed by atoms with Gasteiger partial charge >= 0.3 is 0 Å². The highest BCUT2D eigenvalue weighted by molar-refractivity contribution is 6.44. The second kappa shape index (κ2) is 7.23. The quantitative estimate of drug-likeness (QED) is 0.567. The van der Waals surface area contributed by atoms with Crippen LogP contribution in [0.4, 0.5) is 4.39 Å². The number of aromatic nitrogens is 1. The Balaban J connectivity index is 1.38. The molecule has 0 saturated carbocycles. The van der Waals surface area contributed by atoms with E-state index in [0.717, 1.165) is 10.9 Å². The molecule has 0 radical (unpaired) electrons. The summed E-state index contributed by atoms with van der Waals surface area (Å²) in [5.41, 5.74) is 1.24. The fourth-order valence-corrected chi connectivity index (χ4v) is 3.40. The summed E-state index contributed by atoms with van der Waals surface area (Å²) in [4.78, 5) is 29.9. The first-order valence-corrected chi connectivity index (χ1v) is 8.94. The largest absolute Gasteiger partial charge is 0.490 e. The van der Waals surface area contributed by atoms with Gasteiger partial charge in [0.25, 0.3) is 11.7 Å². The van der Waals surface area contributed by atoms with Crippen molar-refractivity contribution in [3.8, 4) is 5.75 Å². The summed E-state index contributed by atoms with van der Waals surface area (Å²) in [5.74, 6) is -0.681. The lowest BCUT2D eigenvalue weighted by molar-refractivity contribution is -0.128. The predicted molar refractivity (Wildman–Crippen MR) is 99.3 cm³/mol. The molecule has 1 amide bonds. The lowest BCUT2D eigenvalue weighted by atomic mass is 10.0. The number of hydrogen-bond acceptors (Lipinski definition) is 3. The third-order valence-electron chi connectivity index (χ3n) is 4.87. The van der Waals surface area contributed by atoms with E-state index in [1.54, 1.807) is 23.2 Å². The number of carbonyl (C=O) groups excluding carboxylic acids is 2. The van der Waals surface area contributed by atoms with Crippen molar-refractivity contribution in [1.82, 2.24) is 9.88 Å². The van der Waals surface area contributed by atoms with Gasteiger partial charge in [-0.05, 0) is 30.3 Å². The SMILES string of the molecule is O=C(C(=O)N1CCC(Oc2ccc(F)cc2)CC1)c1c[nH]c2ccccc12. The van der Waals surface area contributed by atoms with Crippen LogP contribution in [0.25, 0.3) is 10.9 Å². The van der Waals surface area contributed by atoms with Gasteiger partial charge in [-0.3, -0.25) is 9.59 Å². The van der Waals surface area contributed by atoms with E-state index in [1.165, 1.54) is 12.1 Å². The minimum Gasteiger partial charge on any atom is -0.490 e. The Morgan fingerprint density at radius 2 is 1.74 bits per heavy atom. The maximum Gasteiger partial charge on any atom is 0.295 e. The third-order valence-corrected chi connectivity index (χ3v) is 4.87. The summed E-state index contributed by atoms with van der Waals surface area (Å²) in [5, 5.41) is 0.755. The van der Waals surface area contributed by atoms with Crippen LogP contribution < -0.4 is 4.74 Å². The topological polar surface area (TPSA) is 62.4 Å². The van der Waals surface area contributed by atoms with Crippen LogP contribution in [0.5, 0.6) is 5.75 Å². The van der Waals surface area contributed by atoms with Crippen molar-refractivity contribution in [1.29, 1.82) is 0 Å². The molecule has 1 aliphatic rings. The number of ether oxygens (including phenoxy) is 1. The molecule has 1 aromatic heterocycles. The van der Waals surface area contributed by atoms with Crippen LogP contribution in [-0.2, 0) is 4.79 Å². The van der Waals surface area contributed by atoms with Crippen LogP contribution in [0.1, 0.15) is 23.2 Å². The lowest BCUT2D eigenvalue weighted by Crippen LogP contribution is -2.44. The van der Waals surface area contributed by atoms with Crippen molar-refractivity contribution >= 4 is 22.6 Å². The van der Waals surface area contributed by atoms with Crippen molar-refractivity contribution in [2.45, 2.75) is 18.9 Å². The number of H-pyrrole nitrogens is 1. The Bertz CT molecular complexity index is 973. The van der Waals surface area contributed by atoms with Gasteiger partial charge in [0.15, 0.2) is 0 Å².